The highest BCUT2D eigenvalue weighted by atomic mass is 16.5. The zero-order valence-corrected chi connectivity index (χ0v) is 9.88. The molecule has 0 spiro atoms. The Labute approximate surface area is 99.8 Å². The Balaban J connectivity index is 2.33. The third-order valence-electron chi connectivity index (χ3n) is 2.67. The van der Waals surface area contributed by atoms with E-state index in [-0.39, 0.29) is 5.97 Å². The van der Waals surface area contributed by atoms with Crippen molar-refractivity contribution in [1.29, 1.82) is 0 Å². The van der Waals surface area contributed by atoms with Crippen LogP contribution in [0.3, 0.4) is 0 Å². The fraction of sp³-hybridized carbons (Fsp3) is 0.231. The summed E-state index contributed by atoms with van der Waals surface area (Å²) in [6.07, 6.45) is 1.75. The van der Waals surface area contributed by atoms with Crippen LogP contribution in [0.15, 0.2) is 36.5 Å². The van der Waals surface area contributed by atoms with Crippen LogP contribution < -0.4 is 0 Å². The largest absolute Gasteiger partial charge is 0.465 e. The molecule has 0 saturated heterocycles. The van der Waals surface area contributed by atoms with Crippen LogP contribution in [0.2, 0.25) is 0 Å². The van der Waals surface area contributed by atoms with Crippen molar-refractivity contribution in [2.45, 2.75) is 13.5 Å². The summed E-state index contributed by atoms with van der Waals surface area (Å²) in [5, 5.41) is 4.20. The molecule has 0 atom stereocenters. The van der Waals surface area contributed by atoms with E-state index in [1.165, 1.54) is 7.11 Å². The maximum atomic E-state index is 11.6. The smallest absolute Gasteiger partial charge is 0.338 e. The molecule has 0 radical (unpaired) electrons. The maximum Gasteiger partial charge on any atom is 0.338 e. The lowest BCUT2D eigenvalue weighted by molar-refractivity contribution is 0.0599. The first-order chi connectivity index (χ1) is 8.22. The number of esters is 1. The van der Waals surface area contributed by atoms with E-state index >= 15 is 0 Å². The predicted molar refractivity (Wildman–Crippen MR) is 63.8 cm³/mol. The average molecular weight is 230 g/mol. The van der Waals surface area contributed by atoms with Crippen LogP contribution in [0, 0.1) is 6.92 Å². The molecule has 17 heavy (non-hydrogen) atoms. The molecular formula is C13H14N2O2. The van der Waals surface area contributed by atoms with E-state index in [4.69, 9.17) is 4.74 Å². The molecule has 1 aromatic carbocycles. The Morgan fingerprint density at radius 2 is 2.12 bits per heavy atom. The van der Waals surface area contributed by atoms with Crippen molar-refractivity contribution in [2.24, 2.45) is 0 Å². The van der Waals surface area contributed by atoms with Crippen LogP contribution in [-0.2, 0) is 11.3 Å². The second-order valence-electron chi connectivity index (χ2n) is 3.78. The molecule has 0 aliphatic carbocycles. The van der Waals surface area contributed by atoms with Gasteiger partial charge < -0.3 is 4.74 Å². The van der Waals surface area contributed by atoms with Gasteiger partial charge in [0.15, 0.2) is 0 Å². The molecule has 88 valence electrons. The van der Waals surface area contributed by atoms with Gasteiger partial charge in [0.2, 0.25) is 0 Å². The van der Waals surface area contributed by atoms with Crippen molar-refractivity contribution in [2.75, 3.05) is 7.11 Å². The highest BCUT2D eigenvalue weighted by molar-refractivity contribution is 5.90. The summed E-state index contributed by atoms with van der Waals surface area (Å²) in [6.45, 7) is 2.55. The van der Waals surface area contributed by atoms with Crippen molar-refractivity contribution in [3.05, 3.63) is 53.3 Å². The molecule has 0 N–H and O–H groups in total. The van der Waals surface area contributed by atoms with Gasteiger partial charge in [-0.05, 0) is 24.6 Å². The van der Waals surface area contributed by atoms with Crippen LogP contribution in [-0.4, -0.2) is 22.9 Å². The Morgan fingerprint density at radius 3 is 2.76 bits per heavy atom. The Morgan fingerprint density at radius 1 is 1.35 bits per heavy atom. The van der Waals surface area contributed by atoms with Gasteiger partial charge in [-0.3, -0.25) is 4.68 Å². The number of methoxy groups -OCH3 is 1. The molecule has 4 nitrogen and oxygen atoms in total. The zero-order valence-electron chi connectivity index (χ0n) is 9.88. The average Bonchev–Trinajstić information content (AvgIpc) is 2.75. The normalized spacial score (nSPS) is 10.2. The molecule has 0 saturated carbocycles. The molecule has 4 heteroatoms. The van der Waals surface area contributed by atoms with Crippen LogP contribution in [0.25, 0.3) is 0 Å². The zero-order chi connectivity index (χ0) is 12.3. The summed E-state index contributed by atoms with van der Waals surface area (Å²) in [5.74, 6) is -0.314. The van der Waals surface area contributed by atoms with E-state index < -0.39 is 0 Å². The third-order valence-corrected chi connectivity index (χ3v) is 2.67. The van der Waals surface area contributed by atoms with Gasteiger partial charge in [-0.15, -0.1) is 0 Å². The van der Waals surface area contributed by atoms with Crippen molar-refractivity contribution in [3.8, 4) is 0 Å². The summed E-state index contributed by atoms with van der Waals surface area (Å²) in [4.78, 5) is 11.6. The van der Waals surface area contributed by atoms with E-state index in [0.29, 0.717) is 12.1 Å². The second-order valence-corrected chi connectivity index (χ2v) is 3.78. The summed E-state index contributed by atoms with van der Waals surface area (Å²) < 4.78 is 6.61. The fourth-order valence-electron chi connectivity index (χ4n) is 1.69. The van der Waals surface area contributed by atoms with Crippen molar-refractivity contribution in [3.63, 3.8) is 0 Å². The van der Waals surface area contributed by atoms with Crippen LogP contribution in [0.5, 0.6) is 0 Å². The molecule has 0 aliphatic heterocycles. The molecule has 0 fully saturated rings. The van der Waals surface area contributed by atoms with E-state index in [1.54, 1.807) is 12.3 Å². The first-order valence-electron chi connectivity index (χ1n) is 5.37. The highest BCUT2D eigenvalue weighted by Crippen LogP contribution is 2.12. The van der Waals surface area contributed by atoms with E-state index in [1.807, 2.05) is 35.9 Å². The first kappa shape index (κ1) is 11.4. The van der Waals surface area contributed by atoms with E-state index in [2.05, 4.69) is 5.10 Å². The van der Waals surface area contributed by atoms with Gasteiger partial charge in [-0.1, -0.05) is 18.2 Å². The number of benzene rings is 1. The van der Waals surface area contributed by atoms with Crippen LogP contribution >= 0.6 is 0 Å². The number of nitrogens with zero attached hydrogens (tertiary/aromatic N) is 2. The van der Waals surface area contributed by atoms with Gasteiger partial charge in [0.05, 0.1) is 19.2 Å². The molecule has 2 aromatic rings. The Kier molecular flexibility index (Phi) is 3.23. The molecule has 0 aliphatic rings. The molecule has 1 heterocycles. The van der Waals surface area contributed by atoms with Crippen molar-refractivity contribution >= 4 is 5.97 Å². The third kappa shape index (κ3) is 2.36. The van der Waals surface area contributed by atoms with E-state index in [0.717, 1.165) is 11.3 Å². The van der Waals surface area contributed by atoms with Gasteiger partial charge in [0.1, 0.15) is 0 Å². The minimum Gasteiger partial charge on any atom is -0.465 e. The highest BCUT2D eigenvalue weighted by Gasteiger charge is 2.11. The standard InChI is InChI=1S/C13H14N2O2/c1-10-7-8-14-15(10)9-11-5-3-4-6-12(11)13(16)17-2/h3-8H,9H2,1-2H3. The molecular weight excluding hydrogens is 216 g/mol. The number of carbonyl (C=O) groups excluding carboxylic acids is 1. The number of rotatable bonds is 3. The summed E-state index contributed by atoms with van der Waals surface area (Å²) in [5.41, 5.74) is 2.56. The predicted octanol–water partition coefficient (Wildman–Crippen LogP) is 2.03. The minimum atomic E-state index is -0.314. The number of carbonyl (C=O) groups is 1. The first-order valence-corrected chi connectivity index (χ1v) is 5.37. The van der Waals surface area contributed by atoms with Gasteiger partial charge >= 0.3 is 5.97 Å². The molecule has 0 unspecified atom stereocenters. The number of ether oxygens (including phenoxy) is 1. The summed E-state index contributed by atoms with van der Waals surface area (Å²) in [7, 11) is 1.39. The lowest BCUT2D eigenvalue weighted by Crippen LogP contribution is -2.10. The van der Waals surface area contributed by atoms with Gasteiger partial charge in [-0.2, -0.15) is 5.10 Å². The lowest BCUT2D eigenvalue weighted by Gasteiger charge is -2.09. The Hall–Kier alpha value is -2.10. The number of hydrogen-bond donors (Lipinski definition) is 0. The van der Waals surface area contributed by atoms with E-state index in [9.17, 15) is 4.79 Å². The van der Waals surface area contributed by atoms with Crippen LogP contribution in [0.4, 0.5) is 0 Å². The number of aromatic nitrogens is 2. The SMILES string of the molecule is COC(=O)c1ccccc1Cn1nccc1C. The monoisotopic (exact) mass is 230 g/mol. The second kappa shape index (κ2) is 4.82. The van der Waals surface area contributed by atoms with Crippen molar-refractivity contribution in [1.82, 2.24) is 9.78 Å². The summed E-state index contributed by atoms with van der Waals surface area (Å²) in [6, 6.07) is 9.33. The topological polar surface area (TPSA) is 44.1 Å². The molecule has 2 rings (SSSR count). The molecule has 0 amide bonds. The summed E-state index contributed by atoms with van der Waals surface area (Å²) >= 11 is 0. The minimum absolute atomic E-state index is 0.314. The molecule has 1 aromatic heterocycles. The fourth-order valence-corrected chi connectivity index (χ4v) is 1.69. The van der Waals surface area contributed by atoms with Gasteiger partial charge in [0, 0.05) is 11.9 Å². The van der Waals surface area contributed by atoms with Crippen molar-refractivity contribution < 1.29 is 9.53 Å². The number of aryl methyl sites for hydroxylation is 1. The quantitative estimate of drug-likeness (QED) is 0.758. The van der Waals surface area contributed by atoms with Crippen LogP contribution in [0.1, 0.15) is 21.6 Å². The number of hydrogen-bond acceptors (Lipinski definition) is 3. The maximum absolute atomic E-state index is 11.6. The molecule has 0 bridgehead atoms. The van der Waals surface area contributed by atoms with Gasteiger partial charge in [0.25, 0.3) is 0 Å². The van der Waals surface area contributed by atoms with Gasteiger partial charge in [-0.25, -0.2) is 4.79 Å². The Bertz CT molecular complexity index is 532. The lowest BCUT2D eigenvalue weighted by atomic mass is 10.1.